The van der Waals surface area contributed by atoms with E-state index in [1.807, 2.05) is 0 Å². The summed E-state index contributed by atoms with van der Waals surface area (Å²) in [6.07, 6.45) is 0. The molecule has 1 aromatic carbocycles. The second-order valence-corrected chi connectivity index (χ2v) is 4.77. The van der Waals surface area contributed by atoms with Gasteiger partial charge in [-0.3, -0.25) is 0 Å². The Labute approximate surface area is 106 Å². The van der Waals surface area contributed by atoms with Crippen molar-refractivity contribution >= 4 is 5.69 Å². The van der Waals surface area contributed by atoms with Gasteiger partial charge in [0.25, 0.3) is 0 Å². The minimum absolute atomic E-state index is 0.555. The van der Waals surface area contributed by atoms with E-state index in [1.165, 1.54) is 16.8 Å². The molecule has 2 heteroatoms. The molecule has 0 amide bonds. The van der Waals surface area contributed by atoms with Gasteiger partial charge in [0.15, 0.2) is 0 Å². The van der Waals surface area contributed by atoms with E-state index >= 15 is 0 Å². The Balaban J connectivity index is 2.87. The normalized spacial score (nSPS) is 10.9. The van der Waals surface area contributed by atoms with Crippen molar-refractivity contribution in [2.75, 3.05) is 18.0 Å². The molecule has 0 heterocycles. The van der Waals surface area contributed by atoms with Gasteiger partial charge >= 0.3 is 0 Å². The van der Waals surface area contributed by atoms with Crippen LogP contribution in [0.15, 0.2) is 18.2 Å². The molecule has 0 saturated heterocycles. The van der Waals surface area contributed by atoms with Crippen LogP contribution in [-0.2, 0) is 6.54 Å². The van der Waals surface area contributed by atoms with Crippen molar-refractivity contribution in [3.8, 4) is 0 Å². The van der Waals surface area contributed by atoms with Crippen molar-refractivity contribution in [2.24, 2.45) is 0 Å². The predicted molar refractivity (Wildman–Crippen MR) is 76.7 cm³/mol. The highest BCUT2D eigenvalue weighted by Crippen LogP contribution is 2.21. The van der Waals surface area contributed by atoms with Gasteiger partial charge in [0.1, 0.15) is 0 Å². The van der Waals surface area contributed by atoms with Gasteiger partial charge in [-0.1, -0.05) is 13.0 Å². The van der Waals surface area contributed by atoms with Crippen molar-refractivity contribution in [3.05, 3.63) is 29.3 Å². The molecule has 1 rings (SSSR count). The van der Waals surface area contributed by atoms with E-state index in [0.717, 1.165) is 19.6 Å². The summed E-state index contributed by atoms with van der Waals surface area (Å²) in [5, 5.41) is 3.38. The number of nitrogens with zero attached hydrogens (tertiary/aromatic N) is 1. The van der Waals surface area contributed by atoms with Crippen LogP contribution < -0.4 is 10.2 Å². The zero-order valence-corrected chi connectivity index (χ0v) is 11.9. The number of aryl methyl sites for hydroxylation is 1. The van der Waals surface area contributed by atoms with Gasteiger partial charge < -0.3 is 10.2 Å². The molecule has 0 fully saturated rings. The van der Waals surface area contributed by atoms with E-state index in [1.54, 1.807) is 0 Å². The maximum Gasteiger partial charge on any atom is 0.0371 e. The summed E-state index contributed by atoms with van der Waals surface area (Å²) in [4.78, 5) is 2.42. The third-order valence-electron chi connectivity index (χ3n) is 3.19. The molecule has 0 spiro atoms. The van der Waals surface area contributed by atoms with Gasteiger partial charge in [-0.25, -0.2) is 0 Å². The maximum absolute atomic E-state index is 3.38. The SMILES string of the molecule is CCNCc1ccc(N(CC)C(C)C)cc1C. The van der Waals surface area contributed by atoms with E-state index in [0.29, 0.717) is 6.04 Å². The minimum atomic E-state index is 0.555. The Hall–Kier alpha value is -1.02. The molecule has 96 valence electrons. The van der Waals surface area contributed by atoms with Crippen LogP contribution in [-0.4, -0.2) is 19.1 Å². The number of hydrogen-bond acceptors (Lipinski definition) is 2. The highest BCUT2D eigenvalue weighted by molar-refractivity contribution is 5.51. The van der Waals surface area contributed by atoms with Crippen molar-refractivity contribution in [1.82, 2.24) is 5.32 Å². The Morgan fingerprint density at radius 3 is 2.41 bits per heavy atom. The summed E-state index contributed by atoms with van der Waals surface area (Å²) >= 11 is 0. The maximum atomic E-state index is 3.38. The Kier molecular flexibility index (Phi) is 5.49. The quantitative estimate of drug-likeness (QED) is 0.812. The fourth-order valence-electron chi connectivity index (χ4n) is 2.16. The molecule has 0 bridgehead atoms. The fourth-order valence-corrected chi connectivity index (χ4v) is 2.16. The number of hydrogen-bond donors (Lipinski definition) is 1. The third-order valence-corrected chi connectivity index (χ3v) is 3.19. The summed E-state index contributed by atoms with van der Waals surface area (Å²) in [5.74, 6) is 0. The van der Waals surface area contributed by atoms with Gasteiger partial charge in [-0.2, -0.15) is 0 Å². The van der Waals surface area contributed by atoms with Crippen molar-refractivity contribution in [3.63, 3.8) is 0 Å². The Bertz CT molecular complexity index is 345. The first-order valence-corrected chi connectivity index (χ1v) is 6.67. The molecule has 0 unspecified atom stereocenters. The highest BCUT2D eigenvalue weighted by atomic mass is 15.1. The molecule has 1 N–H and O–H groups in total. The average molecular weight is 234 g/mol. The van der Waals surface area contributed by atoms with Gasteiger partial charge in [0.2, 0.25) is 0 Å². The fraction of sp³-hybridized carbons (Fsp3) is 0.600. The van der Waals surface area contributed by atoms with Crippen LogP contribution in [0.3, 0.4) is 0 Å². The van der Waals surface area contributed by atoms with Crippen LogP contribution in [0.2, 0.25) is 0 Å². The molecular weight excluding hydrogens is 208 g/mol. The molecule has 1 aromatic rings. The Morgan fingerprint density at radius 1 is 1.24 bits per heavy atom. The molecule has 0 aromatic heterocycles. The first-order chi connectivity index (χ1) is 8.10. The zero-order chi connectivity index (χ0) is 12.8. The summed E-state index contributed by atoms with van der Waals surface area (Å²) in [5.41, 5.74) is 4.11. The predicted octanol–water partition coefficient (Wildman–Crippen LogP) is 3.34. The average Bonchev–Trinajstić information content (AvgIpc) is 2.28. The van der Waals surface area contributed by atoms with E-state index in [9.17, 15) is 0 Å². The minimum Gasteiger partial charge on any atom is -0.369 e. The second kappa shape index (κ2) is 6.65. The van der Waals surface area contributed by atoms with E-state index in [4.69, 9.17) is 0 Å². The van der Waals surface area contributed by atoms with Gasteiger partial charge in [-0.15, -0.1) is 0 Å². The zero-order valence-electron chi connectivity index (χ0n) is 11.9. The van der Waals surface area contributed by atoms with E-state index in [2.05, 4.69) is 63.0 Å². The van der Waals surface area contributed by atoms with Crippen molar-refractivity contribution in [1.29, 1.82) is 0 Å². The smallest absolute Gasteiger partial charge is 0.0371 e. The largest absolute Gasteiger partial charge is 0.369 e. The Morgan fingerprint density at radius 2 is 1.94 bits per heavy atom. The molecule has 2 nitrogen and oxygen atoms in total. The van der Waals surface area contributed by atoms with Crippen LogP contribution in [0.1, 0.15) is 38.8 Å². The summed E-state index contributed by atoms with van der Waals surface area (Å²) in [7, 11) is 0. The van der Waals surface area contributed by atoms with Crippen molar-refractivity contribution < 1.29 is 0 Å². The molecule has 0 aliphatic rings. The number of anilines is 1. The molecule has 0 aliphatic heterocycles. The molecular formula is C15H26N2. The number of nitrogens with one attached hydrogen (secondary N) is 1. The summed E-state index contributed by atoms with van der Waals surface area (Å²) < 4.78 is 0. The third kappa shape index (κ3) is 3.74. The van der Waals surface area contributed by atoms with Crippen LogP contribution >= 0.6 is 0 Å². The lowest BCUT2D eigenvalue weighted by Gasteiger charge is -2.28. The topological polar surface area (TPSA) is 15.3 Å². The number of benzene rings is 1. The van der Waals surface area contributed by atoms with Crippen LogP contribution in [0.4, 0.5) is 5.69 Å². The molecule has 17 heavy (non-hydrogen) atoms. The van der Waals surface area contributed by atoms with E-state index in [-0.39, 0.29) is 0 Å². The lowest BCUT2D eigenvalue weighted by atomic mass is 10.1. The molecule has 0 radical (unpaired) electrons. The first kappa shape index (κ1) is 14.0. The standard InChI is InChI=1S/C15H26N2/c1-6-16-11-14-8-9-15(10-13(14)5)17(7-2)12(3)4/h8-10,12,16H,6-7,11H2,1-5H3. The van der Waals surface area contributed by atoms with Crippen LogP contribution in [0.25, 0.3) is 0 Å². The van der Waals surface area contributed by atoms with Crippen molar-refractivity contribution in [2.45, 2.75) is 47.2 Å². The van der Waals surface area contributed by atoms with Gasteiger partial charge in [0.05, 0.1) is 0 Å². The second-order valence-electron chi connectivity index (χ2n) is 4.77. The lowest BCUT2D eigenvalue weighted by molar-refractivity contribution is 0.701. The summed E-state index contributed by atoms with van der Waals surface area (Å²) in [6.45, 7) is 14.1. The van der Waals surface area contributed by atoms with E-state index < -0.39 is 0 Å². The monoisotopic (exact) mass is 234 g/mol. The molecule has 0 aliphatic carbocycles. The lowest BCUT2D eigenvalue weighted by Crippen LogP contribution is -2.30. The first-order valence-electron chi connectivity index (χ1n) is 6.67. The van der Waals surface area contributed by atoms with Crippen LogP contribution in [0.5, 0.6) is 0 Å². The summed E-state index contributed by atoms with van der Waals surface area (Å²) in [6, 6.07) is 7.34. The molecule has 0 saturated carbocycles. The van der Waals surface area contributed by atoms with Gasteiger partial charge in [-0.05, 0) is 57.5 Å². The number of rotatable bonds is 6. The molecule has 0 atom stereocenters. The van der Waals surface area contributed by atoms with Crippen LogP contribution in [0, 0.1) is 6.92 Å². The highest BCUT2D eigenvalue weighted by Gasteiger charge is 2.09. The van der Waals surface area contributed by atoms with Gasteiger partial charge in [0, 0.05) is 24.8 Å².